The van der Waals surface area contributed by atoms with Gasteiger partial charge in [-0.05, 0) is 56.7 Å². The Morgan fingerprint density at radius 3 is 2.31 bits per heavy atom. The minimum atomic E-state index is -1.11. The molecule has 4 rings (SSSR count). The van der Waals surface area contributed by atoms with Crippen molar-refractivity contribution in [3.05, 3.63) is 65.9 Å². The van der Waals surface area contributed by atoms with Gasteiger partial charge in [-0.2, -0.15) is 5.26 Å². The number of carbonyl (C=O) groups is 1. The number of esters is 1. The molecule has 0 radical (unpaired) electrons. The Morgan fingerprint density at radius 1 is 1.06 bits per heavy atom. The van der Waals surface area contributed by atoms with Gasteiger partial charge in [0.25, 0.3) is 0 Å². The molecule has 0 aliphatic carbocycles. The second kappa shape index (κ2) is 9.78. The van der Waals surface area contributed by atoms with Crippen LogP contribution in [-0.2, 0) is 16.0 Å². The third-order valence-corrected chi connectivity index (χ3v) is 5.85. The molecule has 2 aromatic carbocycles. The number of fused-ring (bicyclic) bond motifs is 1. The van der Waals surface area contributed by atoms with E-state index >= 15 is 0 Å². The predicted octanol–water partition coefficient (Wildman–Crippen LogP) is 4.65. The number of ether oxygens (including phenoxy) is 1. The standard InChI is InChI=1S/C26H28N4O2/c1-18(2)32-26(31)21(17-27)24-25(29-23-11-7-6-10-22(23)28-24)30-14-12-20(13-15-30)16-19-8-4-3-5-9-19/h3-11,18,20-21H,12-16H2,1-2H3/t21-/m1/s1. The van der Waals surface area contributed by atoms with Crippen molar-refractivity contribution in [2.45, 2.75) is 45.1 Å². The number of hydrogen-bond donors (Lipinski definition) is 0. The van der Waals surface area contributed by atoms with E-state index in [9.17, 15) is 10.1 Å². The lowest BCUT2D eigenvalue weighted by Crippen LogP contribution is -2.36. The SMILES string of the molecule is CC(C)OC(=O)[C@H](C#N)c1nc2ccccc2nc1N1CCC(Cc2ccccc2)CC1. The van der Waals surface area contributed by atoms with Crippen molar-refractivity contribution >= 4 is 22.8 Å². The molecule has 3 aromatic rings. The number of rotatable bonds is 6. The van der Waals surface area contributed by atoms with Gasteiger partial charge in [-0.15, -0.1) is 0 Å². The smallest absolute Gasteiger partial charge is 0.329 e. The highest BCUT2D eigenvalue weighted by Crippen LogP contribution is 2.31. The van der Waals surface area contributed by atoms with Gasteiger partial charge in [0.05, 0.1) is 23.2 Å². The lowest BCUT2D eigenvalue weighted by Gasteiger charge is -2.34. The van der Waals surface area contributed by atoms with E-state index in [0.717, 1.165) is 37.9 Å². The highest BCUT2D eigenvalue weighted by molar-refractivity contribution is 5.85. The van der Waals surface area contributed by atoms with E-state index in [0.29, 0.717) is 22.9 Å². The average molecular weight is 429 g/mol. The van der Waals surface area contributed by atoms with Crippen LogP contribution >= 0.6 is 0 Å². The van der Waals surface area contributed by atoms with Crippen LogP contribution in [0.2, 0.25) is 0 Å². The first-order chi connectivity index (χ1) is 15.5. The van der Waals surface area contributed by atoms with Crippen LogP contribution in [0.4, 0.5) is 5.82 Å². The molecule has 0 N–H and O–H groups in total. The van der Waals surface area contributed by atoms with Gasteiger partial charge in [-0.3, -0.25) is 4.79 Å². The van der Waals surface area contributed by atoms with Crippen LogP contribution in [0.3, 0.4) is 0 Å². The van der Waals surface area contributed by atoms with Crippen LogP contribution in [-0.4, -0.2) is 35.1 Å². The summed E-state index contributed by atoms with van der Waals surface area (Å²) in [6.45, 7) is 5.18. The topological polar surface area (TPSA) is 79.1 Å². The average Bonchev–Trinajstić information content (AvgIpc) is 2.80. The number of aromatic nitrogens is 2. The van der Waals surface area contributed by atoms with Crippen LogP contribution in [0.15, 0.2) is 54.6 Å². The molecular formula is C26H28N4O2. The zero-order valence-electron chi connectivity index (χ0n) is 18.6. The van der Waals surface area contributed by atoms with Crippen molar-refractivity contribution in [2.75, 3.05) is 18.0 Å². The zero-order chi connectivity index (χ0) is 22.5. The maximum atomic E-state index is 12.7. The van der Waals surface area contributed by atoms with Crippen molar-refractivity contribution in [3.8, 4) is 6.07 Å². The van der Waals surface area contributed by atoms with Crippen molar-refractivity contribution in [3.63, 3.8) is 0 Å². The van der Waals surface area contributed by atoms with Crippen LogP contribution in [0, 0.1) is 17.2 Å². The van der Waals surface area contributed by atoms with Gasteiger partial charge < -0.3 is 9.64 Å². The largest absolute Gasteiger partial charge is 0.462 e. The van der Waals surface area contributed by atoms with Gasteiger partial charge >= 0.3 is 5.97 Å². The normalized spacial score (nSPS) is 15.5. The fraction of sp³-hybridized carbons (Fsp3) is 0.385. The predicted molar refractivity (Wildman–Crippen MR) is 124 cm³/mol. The lowest BCUT2D eigenvalue weighted by atomic mass is 9.90. The first-order valence-electron chi connectivity index (χ1n) is 11.2. The van der Waals surface area contributed by atoms with E-state index in [4.69, 9.17) is 14.7 Å². The molecule has 6 heteroatoms. The van der Waals surface area contributed by atoms with Crippen LogP contribution < -0.4 is 4.90 Å². The molecule has 0 amide bonds. The van der Waals surface area contributed by atoms with Gasteiger partial charge in [0.2, 0.25) is 0 Å². The number of para-hydroxylation sites is 2. The van der Waals surface area contributed by atoms with Crippen molar-refractivity contribution in [1.29, 1.82) is 5.26 Å². The molecule has 0 spiro atoms. The van der Waals surface area contributed by atoms with E-state index in [2.05, 4.69) is 35.2 Å². The van der Waals surface area contributed by atoms with Crippen molar-refractivity contribution in [1.82, 2.24) is 9.97 Å². The summed E-state index contributed by atoms with van der Waals surface area (Å²) >= 11 is 0. The number of carbonyl (C=O) groups excluding carboxylic acids is 1. The van der Waals surface area contributed by atoms with Crippen molar-refractivity contribution in [2.24, 2.45) is 5.92 Å². The molecule has 6 nitrogen and oxygen atoms in total. The number of piperidine rings is 1. The zero-order valence-corrected chi connectivity index (χ0v) is 18.6. The Hall–Kier alpha value is -3.46. The second-order valence-electron chi connectivity index (χ2n) is 8.59. The van der Waals surface area contributed by atoms with Crippen LogP contribution in [0.1, 0.15) is 43.9 Å². The molecule has 0 unspecified atom stereocenters. The summed E-state index contributed by atoms with van der Waals surface area (Å²) in [5.41, 5.74) is 3.17. The van der Waals surface area contributed by atoms with E-state index in [1.807, 2.05) is 30.3 Å². The summed E-state index contributed by atoms with van der Waals surface area (Å²) in [6, 6.07) is 20.2. The molecule has 32 heavy (non-hydrogen) atoms. The highest BCUT2D eigenvalue weighted by Gasteiger charge is 2.32. The summed E-state index contributed by atoms with van der Waals surface area (Å²) in [7, 11) is 0. The van der Waals surface area contributed by atoms with Gasteiger partial charge in [-0.25, -0.2) is 9.97 Å². The van der Waals surface area contributed by atoms with E-state index < -0.39 is 11.9 Å². The number of nitrogens with zero attached hydrogens (tertiary/aromatic N) is 4. The summed E-state index contributed by atoms with van der Waals surface area (Å²) in [5, 5.41) is 9.83. The highest BCUT2D eigenvalue weighted by atomic mass is 16.5. The molecule has 1 saturated heterocycles. The summed E-state index contributed by atoms with van der Waals surface area (Å²) in [5.74, 6) is -0.462. The molecule has 1 aliphatic rings. The molecule has 0 bridgehead atoms. The first kappa shape index (κ1) is 21.8. The summed E-state index contributed by atoms with van der Waals surface area (Å²) in [4.78, 5) is 24.4. The number of hydrogen-bond acceptors (Lipinski definition) is 6. The van der Waals surface area contributed by atoms with Gasteiger partial charge in [0.15, 0.2) is 11.7 Å². The minimum absolute atomic E-state index is 0.302. The summed E-state index contributed by atoms with van der Waals surface area (Å²) in [6.07, 6.45) is 2.81. The molecule has 0 saturated carbocycles. The first-order valence-corrected chi connectivity index (χ1v) is 11.2. The molecule has 1 aliphatic heterocycles. The van der Waals surface area contributed by atoms with Crippen molar-refractivity contribution < 1.29 is 9.53 Å². The molecule has 1 fully saturated rings. The molecule has 1 aromatic heterocycles. The minimum Gasteiger partial charge on any atom is -0.462 e. The summed E-state index contributed by atoms with van der Waals surface area (Å²) < 4.78 is 5.35. The second-order valence-corrected chi connectivity index (χ2v) is 8.59. The Bertz CT molecular complexity index is 1120. The van der Waals surface area contributed by atoms with E-state index in [1.54, 1.807) is 13.8 Å². The van der Waals surface area contributed by atoms with Gasteiger partial charge in [0.1, 0.15) is 5.69 Å². The van der Waals surface area contributed by atoms with Crippen LogP contribution in [0.5, 0.6) is 0 Å². The lowest BCUT2D eigenvalue weighted by molar-refractivity contribution is -0.147. The van der Waals surface area contributed by atoms with Gasteiger partial charge in [-0.1, -0.05) is 42.5 Å². The molecular weight excluding hydrogens is 400 g/mol. The van der Waals surface area contributed by atoms with E-state index in [1.165, 1.54) is 5.56 Å². The fourth-order valence-electron chi connectivity index (χ4n) is 4.25. The van der Waals surface area contributed by atoms with Crippen LogP contribution in [0.25, 0.3) is 11.0 Å². The maximum absolute atomic E-state index is 12.7. The molecule has 164 valence electrons. The Balaban J connectivity index is 1.60. The third kappa shape index (κ3) is 4.88. The third-order valence-electron chi connectivity index (χ3n) is 5.85. The Kier molecular flexibility index (Phi) is 6.65. The number of benzene rings is 2. The quantitative estimate of drug-likeness (QED) is 0.532. The Morgan fingerprint density at radius 2 is 1.69 bits per heavy atom. The number of nitriles is 1. The Labute approximate surface area is 188 Å². The molecule has 2 heterocycles. The fourth-order valence-corrected chi connectivity index (χ4v) is 4.25. The van der Waals surface area contributed by atoms with E-state index in [-0.39, 0.29) is 6.10 Å². The van der Waals surface area contributed by atoms with Gasteiger partial charge in [0, 0.05) is 13.1 Å². The maximum Gasteiger partial charge on any atom is 0.329 e. The number of anilines is 1. The molecule has 1 atom stereocenters. The monoisotopic (exact) mass is 428 g/mol.